The van der Waals surface area contributed by atoms with Crippen molar-refractivity contribution >= 4 is 5.69 Å². The molecule has 0 unspecified atom stereocenters. The molecule has 28 heavy (non-hydrogen) atoms. The van der Waals surface area contributed by atoms with Crippen molar-refractivity contribution in [2.75, 3.05) is 24.6 Å². The Kier molecular flexibility index (Phi) is 7.52. The van der Waals surface area contributed by atoms with Crippen molar-refractivity contribution in [3.8, 4) is 11.1 Å². The van der Waals surface area contributed by atoms with Gasteiger partial charge in [-0.3, -0.25) is 0 Å². The lowest BCUT2D eigenvalue weighted by atomic mass is 9.80. The molecule has 2 aliphatic rings. The highest BCUT2D eigenvalue weighted by atomic mass is 16.3. The molecule has 0 spiro atoms. The maximum Gasteiger partial charge on any atom is 0.0460 e. The molecular weight excluding hydrogens is 344 g/mol. The lowest BCUT2D eigenvalue weighted by Crippen LogP contribution is -2.51. The SMILES string of the molecule is CC.Cc1c(-c2ccccc2)cccc1N1CCC(NC2CC(CO)C2)CC1. The topological polar surface area (TPSA) is 35.5 Å². The van der Waals surface area contributed by atoms with E-state index < -0.39 is 0 Å². The number of rotatable bonds is 5. The molecule has 0 bridgehead atoms. The molecule has 2 aromatic rings. The third-order valence-corrected chi connectivity index (χ3v) is 6.19. The van der Waals surface area contributed by atoms with Gasteiger partial charge < -0.3 is 15.3 Å². The van der Waals surface area contributed by atoms with Crippen molar-refractivity contribution in [2.45, 2.75) is 58.5 Å². The second-order valence-corrected chi connectivity index (χ2v) is 7.96. The Labute approximate surface area is 170 Å². The van der Waals surface area contributed by atoms with Crippen molar-refractivity contribution in [1.82, 2.24) is 5.32 Å². The Balaban J connectivity index is 0.00000109. The van der Waals surface area contributed by atoms with Crippen molar-refractivity contribution in [1.29, 1.82) is 0 Å². The zero-order valence-corrected chi connectivity index (χ0v) is 17.7. The van der Waals surface area contributed by atoms with Crippen LogP contribution in [0.2, 0.25) is 0 Å². The first-order chi connectivity index (χ1) is 13.7. The van der Waals surface area contributed by atoms with Crippen LogP contribution in [-0.2, 0) is 0 Å². The van der Waals surface area contributed by atoms with E-state index in [-0.39, 0.29) is 0 Å². The molecule has 1 aliphatic heterocycles. The molecule has 0 amide bonds. The zero-order chi connectivity index (χ0) is 19.9. The number of aliphatic hydroxyl groups is 1. The number of anilines is 1. The molecule has 2 aromatic carbocycles. The molecule has 3 nitrogen and oxygen atoms in total. The van der Waals surface area contributed by atoms with Crippen molar-refractivity contribution in [3.05, 3.63) is 54.1 Å². The van der Waals surface area contributed by atoms with Crippen LogP contribution in [0, 0.1) is 12.8 Å². The van der Waals surface area contributed by atoms with Crippen molar-refractivity contribution in [3.63, 3.8) is 0 Å². The second-order valence-electron chi connectivity index (χ2n) is 7.96. The summed E-state index contributed by atoms with van der Waals surface area (Å²) < 4.78 is 0. The van der Waals surface area contributed by atoms with Gasteiger partial charge in [0.15, 0.2) is 0 Å². The van der Waals surface area contributed by atoms with Crippen LogP contribution in [0.5, 0.6) is 0 Å². The summed E-state index contributed by atoms with van der Waals surface area (Å²) >= 11 is 0. The Morgan fingerprint density at radius 3 is 2.25 bits per heavy atom. The Hall–Kier alpha value is -1.84. The van der Waals surface area contributed by atoms with Crippen LogP contribution in [-0.4, -0.2) is 36.9 Å². The van der Waals surface area contributed by atoms with Gasteiger partial charge in [0.25, 0.3) is 0 Å². The molecule has 2 N–H and O–H groups in total. The number of hydrogen-bond donors (Lipinski definition) is 2. The summed E-state index contributed by atoms with van der Waals surface area (Å²) in [7, 11) is 0. The standard InChI is InChI=1S/C23H30N2O.C2H6/c1-17-22(19-6-3-2-4-7-19)8-5-9-23(17)25-12-10-20(11-13-25)24-21-14-18(15-21)16-26;1-2/h2-9,18,20-21,24,26H,10-16H2,1H3;1-2H3. The van der Waals surface area contributed by atoms with Crippen LogP contribution < -0.4 is 10.2 Å². The highest BCUT2D eigenvalue weighted by Crippen LogP contribution is 2.33. The normalized spacial score (nSPS) is 22.2. The van der Waals surface area contributed by atoms with E-state index in [9.17, 15) is 0 Å². The molecule has 0 aromatic heterocycles. The Morgan fingerprint density at radius 2 is 1.61 bits per heavy atom. The predicted molar refractivity (Wildman–Crippen MR) is 120 cm³/mol. The number of aliphatic hydroxyl groups excluding tert-OH is 1. The predicted octanol–water partition coefficient (Wildman–Crippen LogP) is 5.02. The van der Waals surface area contributed by atoms with Gasteiger partial charge in [0.05, 0.1) is 0 Å². The molecule has 1 saturated heterocycles. The van der Waals surface area contributed by atoms with E-state index >= 15 is 0 Å². The number of nitrogens with one attached hydrogen (secondary N) is 1. The van der Waals surface area contributed by atoms with E-state index in [1.807, 2.05) is 13.8 Å². The minimum Gasteiger partial charge on any atom is -0.396 e. The molecule has 152 valence electrons. The lowest BCUT2D eigenvalue weighted by molar-refractivity contribution is 0.117. The van der Waals surface area contributed by atoms with Crippen LogP contribution >= 0.6 is 0 Å². The van der Waals surface area contributed by atoms with E-state index in [0.29, 0.717) is 24.6 Å². The molecule has 0 atom stereocenters. The fraction of sp³-hybridized carbons (Fsp3) is 0.520. The average Bonchev–Trinajstić information content (AvgIpc) is 2.73. The smallest absolute Gasteiger partial charge is 0.0460 e. The average molecular weight is 381 g/mol. The molecule has 1 heterocycles. The quantitative estimate of drug-likeness (QED) is 0.765. The zero-order valence-electron chi connectivity index (χ0n) is 17.7. The van der Waals surface area contributed by atoms with Gasteiger partial charge in [-0.1, -0.05) is 56.3 Å². The van der Waals surface area contributed by atoms with Crippen molar-refractivity contribution < 1.29 is 5.11 Å². The van der Waals surface area contributed by atoms with E-state index in [0.717, 1.165) is 25.9 Å². The molecule has 0 radical (unpaired) electrons. The fourth-order valence-corrected chi connectivity index (χ4v) is 4.54. The minimum absolute atomic E-state index is 0.355. The first-order valence-corrected chi connectivity index (χ1v) is 11.0. The summed E-state index contributed by atoms with van der Waals surface area (Å²) in [6, 6.07) is 18.6. The van der Waals surface area contributed by atoms with Gasteiger partial charge in [-0.2, -0.15) is 0 Å². The van der Waals surface area contributed by atoms with Gasteiger partial charge in [-0.25, -0.2) is 0 Å². The van der Waals surface area contributed by atoms with Gasteiger partial charge in [0.2, 0.25) is 0 Å². The highest BCUT2D eigenvalue weighted by molar-refractivity contribution is 5.74. The monoisotopic (exact) mass is 380 g/mol. The summed E-state index contributed by atoms with van der Waals surface area (Å²) in [5.74, 6) is 0.538. The van der Waals surface area contributed by atoms with E-state index in [4.69, 9.17) is 5.11 Å². The molecule has 2 fully saturated rings. The first-order valence-electron chi connectivity index (χ1n) is 11.0. The van der Waals surface area contributed by atoms with Gasteiger partial charge in [0.1, 0.15) is 0 Å². The van der Waals surface area contributed by atoms with Crippen LogP contribution in [0.1, 0.15) is 45.1 Å². The largest absolute Gasteiger partial charge is 0.396 e. The summed E-state index contributed by atoms with van der Waals surface area (Å²) in [5, 5.41) is 13.0. The van der Waals surface area contributed by atoms with Crippen LogP contribution in [0.3, 0.4) is 0 Å². The van der Waals surface area contributed by atoms with Crippen LogP contribution in [0.25, 0.3) is 11.1 Å². The van der Waals surface area contributed by atoms with E-state index in [1.165, 1.54) is 35.2 Å². The minimum atomic E-state index is 0.355. The third-order valence-electron chi connectivity index (χ3n) is 6.19. The number of hydrogen-bond acceptors (Lipinski definition) is 3. The fourth-order valence-electron chi connectivity index (χ4n) is 4.54. The Bertz CT molecular complexity index is 717. The van der Waals surface area contributed by atoms with Crippen LogP contribution in [0.15, 0.2) is 48.5 Å². The van der Waals surface area contributed by atoms with Gasteiger partial charge in [0, 0.05) is 37.5 Å². The summed E-state index contributed by atoms with van der Waals surface area (Å²) in [6.45, 7) is 8.85. The number of nitrogens with zero attached hydrogens (tertiary/aromatic N) is 1. The maximum absolute atomic E-state index is 9.17. The van der Waals surface area contributed by atoms with Gasteiger partial charge in [-0.05, 0) is 61.3 Å². The molecule has 1 aliphatic carbocycles. The van der Waals surface area contributed by atoms with Crippen LogP contribution in [0.4, 0.5) is 5.69 Å². The molecule has 1 saturated carbocycles. The van der Waals surface area contributed by atoms with Gasteiger partial charge in [-0.15, -0.1) is 0 Å². The molecular formula is C25H36N2O. The lowest BCUT2D eigenvalue weighted by Gasteiger charge is -2.41. The number of piperidine rings is 1. The first kappa shape index (κ1) is 20.9. The molecule has 4 rings (SSSR count). The summed E-state index contributed by atoms with van der Waals surface area (Å²) in [6.07, 6.45) is 4.70. The number of benzene rings is 2. The van der Waals surface area contributed by atoms with Crippen molar-refractivity contribution in [2.24, 2.45) is 5.92 Å². The summed E-state index contributed by atoms with van der Waals surface area (Å²) in [5.41, 5.74) is 5.41. The van der Waals surface area contributed by atoms with E-state index in [2.05, 4.69) is 65.7 Å². The van der Waals surface area contributed by atoms with E-state index in [1.54, 1.807) is 0 Å². The maximum atomic E-state index is 9.17. The summed E-state index contributed by atoms with van der Waals surface area (Å²) in [4.78, 5) is 2.55. The second kappa shape index (κ2) is 10.1. The molecule has 3 heteroatoms. The van der Waals surface area contributed by atoms with Gasteiger partial charge >= 0.3 is 0 Å². The third kappa shape index (κ3) is 4.76. The highest BCUT2D eigenvalue weighted by Gasteiger charge is 2.31. The Morgan fingerprint density at radius 1 is 0.929 bits per heavy atom.